The average molecular weight is 366 g/mol. The second-order valence-corrected chi connectivity index (χ2v) is 7.36. The third-order valence-electron chi connectivity index (χ3n) is 4.85. The molecule has 120 valence electrons. The summed E-state index contributed by atoms with van der Waals surface area (Å²) in [6, 6.07) is 4.41. The minimum Gasteiger partial charge on any atom is -0.356 e. The van der Waals surface area contributed by atoms with Crippen LogP contribution in [0.3, 0.4) is 0 Å². The molecule has 0 spiro atoms. The molecule has 1 N–H and O–H groups in total. The highest BCUT2D eigenvalue weighted by Crippen LogP contribution is 2.25. The summed E-state index contributed by atoms with van der Waals surface area (Å²) in [6.45, 7) is 1.93. The van der Waals surface area contributed by atoms with Crippen LogP contribution in [0.5, 0.6) is 0 Å². The maximum absolute atomic E-state index is 12.3. The minimum absolute atomic E-state index is 0.264. The first-order valence-electron chi connectivity index (χ1n) is 8.39. The maximum Gasteiger partial charge on any atom is 0.223 e. The van der Waals surface area contributed by atoms with Crippen LogP contribution in [0.25, 0.3) is 0 Å². The van der Waals surface area contributed by atoms with E-state index in [1.54, 1.807) is 0 Å². The van der Waals surface area contributed by atoms with Crippen molar-refractivity contribution in [3.05, 3.63) is 22.8 Å². The zero-order valence-corrected chi connectivity index (χ0v) is 14.5. The van der Waals surface area contributed by atoms with E-state index < -0.39 is 0 Å². The largest absolute Gasteiger partial charge is 0.356 e. The second-order valence-electron chi connectivity index (χ2n) is 6.44. The molecule has 22 heavy (non-hydrogen) atoms. The van der Waals surface area contributed by atoms with E-state index in [0.717, 1.165) is 49.1 Å². The third kappa shape index (κ3) is 4.00. The molecule has 0 atom stereocenters. The van der Waals surface area contributed by atoms with E-state index in [-0.39, 0.29) is 5.92 Å². The van der Waals surface area contributed by atoms with Gasteiger partial charge in [-0.05, 0) is 53.7 Å². The number of anilines is 1. The van der Waals surface area contributed by atoms with Crippen molar-refractivity contribution in [3.8, 4) is 0 Å². The normalized spacial score (nSPS) is 20.9. The molecule has 2 fully saturated rings. The standard InChI is InChI=1S/C17H24BrN3O/c18-14-6-7-16(19-12-14)21-10-8-15(9-11-21)20-17(22)13-4-2-1-3-5-13/h6-7,12-13,15H,1-5,8-11H2,(H,20,22). The van der Waals surface area contributed by atoms with Crippen molar-refractivity contribution in [3.63, 3.8) is 0 Å². The second kappa shape index (κ2) is 7.44. The number of aromatic nitrogens is 1. The first-order chi connectivity index (χ1) is 10.7. The summed E-state index contributed by atoms with van der Waals surface area (Å²) in [7, 11) is 0. The van der Waals surface area contributed by atoms with E-state index >= 15 is 0 Å². The van der Waals surface area contributed by atoms with E-state index in [9.17, 15) is 4.79 Å². The monoisotopic (exact) mass is 365 g/mol. The van der Waals surface area contributed by atoms with Crippen molar-refractivity contribution in [1.82, 2.24) is 10.3 Å². The first-order valence-corrected chi connectivity index (χ1v) is 9.18. The Balaban J connectivity index is 1.47. The molecule has 2 aliphatic rings. The summed E-state index contributed by atoms with van der Waals surface area (Å²) < 4.78 is 1.01. The fourth-order valence-electron chi connectivity index (χ4n) is 3.49. The van der Waals surface area contributed by atoms with Crippen LogP contribution >= 0.6 is 15.9 Å². The Morgan fingerprint density at radius 2 is 1.86 bits per heavy atom. The molecule has 0 radical (unpaired) electrons. The number of nitrogens with one attached hydrogen (secondary N) is 1. The molecule has 1 aromatic heterocycles. The van der Waals surface area contributed by atoms with Crippen molar-refractivity contribution in [2.75, 3.05) is 18.0 Å². The maximum atomic E-state index is 12.3. The van der Waals surface area contributed by atoms with E-state index in [0.29, 0.717) is 11.9 Å². The molecule has 1 saturated carbocycles. The van der Waals surface area contributed by atoms with Crippen molar-refractivity contribution in [2.45, 2.75) is 51.0 Å². The molecule has 1 aromatic rings. The Hall–Kier alpha value is -1.10. The fraction of sp³-hybridized carbons (Fsp3) is 0.647. The van der Waals surface area contributed by atoms with Gasteiger partial charge in [-0.3, -0.25) is 4.79 Å². The number of carbonyl (C=O) groups is 1. The molecule has 1 saturated heterocycles. The number of hydrogen-bond acceptors (Lipinski definition) is 3. The number of nitrogens with zero attached hydrogens (tertiary/aromatic N) is 2. The van der Waals surface area contributed by atoms with Gasteiger partial charge in [0.25, 0.3) is 0 Å². The molecule has 3 rings (SSSR count). The summed E-state index contributed by atoms with van der Waals surface area (Å²) in [4.78, 5) is 19.1. The van der Waals surface area contributed by atoms with Gasteiger partial charge in [-0.2, -0.15) is 0 Å². The van der Waals surface area contributed by atoms with Gasteiger partial charge >= 0.3 is 0 Å². The molecule has 1 aliphatic heterocycles. The van der Waals surface area contributed by atoms with Crippen LogP contribution in [0.15, 0.2) is 22.8 Å². The smallest absolute Gasteiger partial charge is 0.223 e. The van der Waals surface area contributed by atoms with E-state index in [2.05, 4.69) is 31.1 Å². The van der Waals surface area contributed by atoms with Gasteiger partial charge < -0.3 is 10.2 Å². The Morgan fingerprint density at radius 3 is 2.50 bits per heavy atom. The number of pyridine rings is 1. The number of piperidine rings is 1. The highest BCUT2D eigenvalue weighted by molar-refractivity contribution is 9.10. The zero-order valence-electron chi connectivity index (χ0n) is 12.9. The number of halogens is 1. The van der Waals surface area contributed by atoms with Gasteiger partial charge in [0.05, 0.1) is 0 Å². The first kappa shape index (κ1) is 15.8. The Bertz CT molecular complexity index is 491. The molecular weight excluding hydrogens is 342 g/mol. The van der Waals surface area contributed by atoms with E-state index in [1.807, 2.05) is 18.3 Å². The molecule has 4 nitrogen and oxygen atoms in total. The number of rotatable bonds is 3. The fourth-order valence-corrected chi connectivity index (χ4v) is 3.73. The Kier molecular flexibility index (Phi) is 5.34. The molecule has 2 heterocycles. The van der Waals surface area contributed by atoms with Gasteiger partial charge in [-0.1, -0.05) is 19.3 Å². The minimum atomic E-state index is 0.264. The van der Waals surface area contributed by atoms with Crippen LogP contribution in [-0.2, 0) is 4.79 Å². The number of hydrogen-bond donors (Lipinski definition) is 1. The van der Waals surface area contributed by atoms with Crippen LogP contribution in [0.4, 0.5) is 5.82 Å². The molecule has 1 aliphatic carbocycles. The predicted octanol–water partition coefficient (Wildman–Crippen LogP) is 3.51. The molecule has 0 bridgehead atoms. The summed E-state index contributed by atoms with van der Waals surface area (Å²) in [5.41, 5.74) is 0. The lowest BCUT2D eigenvalue weighted by molar-refractivity contribution is -0.126. The highest BCUT2D eigenvalue weighted by atomic mass is 79.9. The molecule has 0 aromatic carbocycles. The SMILES string of the molecule is O=C(NC1CCN(c2ccc(Br)cn2)CC1)C1CCCCC1. The van der Waals surface area contributed by atoms with Crippen molar-refractivity contribution in [2.24, 2.45) is 5.92 Å². The molecule has 5 heteroatoms. The lowest BCUT2D eigenvalue weighted by Crippen LogP contribution is -2.46. The quantitative estimate of drug-likeness (QED) is 0.891. The highest BCUT2D eigenvalue weighted by Gasteiger charge is 2.26. The van der Waals surface area contributed by atoms with Crippen molar-refractivity contribution in [1.29, 1.82) is 0 Å². The summed E-state index contributed by atoms with van der Waals surface area (Å²) in [6.07, 6.45) is 9.74. The molecule has 0 unspecified atom stereocenters. The molecule has 1 amide bonds. The Labute approximate surface area is 140 Å². The van der Waals surface area contributed by atoms with E-state index in [4.69, 9.17) is 0 Å². The Morgan fingerprint density at radius 1 is 1.14 bits per heavy atom. The van der Waals surface area contributed by atoms with Crippen molar-refractivity contribution >= 4 is 27.7 Å². The van der Waals surface area contributed by atoms with Crippen LogP contribution in [0.2, 0.25) is 0 Å². The van der Waals surface area contributed by atoms with Crippen LogP contribution < -0.4 is 10.2 Å². The summed E-state index contributed by atoms with van der Waals surface area (Å²) in [5.74, 6) is 1.58. The lowest BCUT2D eigenvalue weighted by Gasteiger charge is -2.34. The van der Waals surface area contributed by atoms with Crippen LogP contribution in [0.1, 0.15) is 44.9 Å². The molecular formula is C17H24BrN3O. The zero-order chi connectivity index (χ0) is 15.4. The summed E-state index contributed by atoms with van der Waals surface area (Å²) >= 11 is 3.42. The van der Waals surface area contributed by atoms with Crippen LogP contribution in [-0.4, -0.2) is 30.0 Å². The van der Waals surface area contributed by atoms with Gasteiger partial charge in [-0.25, -0.2) is 4.98 Å². The van der Waals surface area contributed by atoms with Gasteiger partial charge in [0.1, 0.15) is 5.82 Å². The summed E-state index contributed by atoms with van der Waals surface area (Å²) in [5, 5.41) is 3.28. The predicted molar refractivity (Wildman–Crippen MR) is 91.9 cm³/mol. The van der Waals surface area contributed by atoms with Gasteiger partial charge in [-0.15, -0.1) is 0 Å². The number of amides is 1. The van der Waals surface area contributed by atoms with Crippen LogP contribution in [0, 0.1) is 5.92 Å². The average Bonchev–Trinajstić information content (AvgIpc) is 2.57. The van der Waals surface area contributed by atoms with Gasteiger partial charge in [0, 0.05) is 35.7 Å². The third-order valence-corrected chi connectivity index (χ3v) is 5.32. The lowest BCUT2D eigenvalue weighted by atomic mass is 9.88. The topological polar surface area (TPSA) is 45.2 Å². The number of carbonyl (C=O) groups excluding carboxylic acids is 1. The van der Waals surface area contributed by atoms with Gasteiger partial charge in [0.2, 0.25) is 5.91 Å². The van der Waals surface area contributed by atoms with E-state index in [1.165, 1.54) is 19.3 Å². The van der Waals surface area contributed by atoms with Crippen molar-refractivity contribution < 1.29 is 4.79 Å². The van der Waals surface area contributed by atoms with Gasteiger partial charge in [0.15, 0.2) is 0 Å².